The van der Waals surface area contributed by atoms with E-state index in [0.717, 1.165) is 27.8 Å². The average molecular weight is 362 g/mol. The number of hydrogen-bond donors (Lipinski definition) is 1. The Morgan fingerprint density at radius 1 is 1.14 bits per heavy atom. The van der Waals surface area contributed by atoms with Crippen LogP contribution in [0, 0.1) is 13.8 Å². The lowest BCUT2D eigenvalue weighted by atomic mass is 10.1. The van der Waals surface area contributed by atoms with E-state index >= 15 is 0 Å². The van der Waals surface area contributed by atoms with Crippen LogP contribution in [0.5, 0.6) is 5.75 Å². The fourth-order valence-electron chi connectivity index (χ4n) is 2.18. The SMILES string of the molecule is Cc1cc(OCC(=O)NCCc2ccccc2)cc(C)c1Br. The number of carbonyl (C=O) groups is 1. The highest BCUT2D eigenvalue weighted by molar-refractivity contribution is 9.10. The summed E-state index contributed by atoms with van der Waals surface area (Å²) in [6, 6.07) is 13.9. The number of halogens is 1. The molecule has 0 aliphatic carbocycles. The van der Waals surface area contributed by atoms with Crippen molar-refractivity contribution in [2.45, 2.75) is 20.3 Å². The van der Waals surface area contributed by atoms with Crippen LogP contribution in [0.1, 0.15) is 16.7 Å². The summed E-state index contributed by atoms with van der Waals surface area (Å²) in [7, 11) is 0. The molecule has 0 atom stereocenters. The second-order valence-electron chi connectivity index (χ2n) is 5.25. The summed E-state index contributed by atoms with van der Waals surface area (Å²) >= 11 is 3.51. The van der Waals surface area contributed by atoms with Crippen molar-refractivity contribution in [2.75, 3.05) is 13.2 Å². The van der Waals surface area contributed by atoms with Gasteiger partial charge in [-0.1, -0.05) is 46.3 Å². The minimum absolute atomic E-state index is 0.0370. The van der Waals surface area contributed by atoms with E-state index in [2.05, 4.69) is 33.4 Å². The highest BCUT2D eigenvalue weighted by Crippen LogP contribution is 2.26. The van der Waals surface area contributed by atoms with Gasteiger partial charge in [0, 0.05) is 11.0 Å². The van der Waals surface area contributed by atoms with Crippen molar-refractivity contribution in [3.8, 4) is 5.75 Å². The van der Waals surface area contributed by atoms with Gasteiger partial charge in [-0.3, -0.25) is 4.79 Å². The number of ether oxygens (including phenoxy) is 1. The number of hydrogen-bond acceptors (Lipinski definition) is 2. The quantitative estimate of drug-likeness (QED) is 0.849. The number of nitrogens with one attached hydrogen (secondary N) is 1. The molecular weight excluding hydrogens is 342 g/mol. The van der Waals surface area contributed by atoms with Gasteiger partial charge >= 0.3 is 0 Å². The van der Waals surface area contributed by atoms with Gasteiger partial charge in [0.1, 0.15) is 5.75 Å². The van der Waals surface area contributed by atoms with Crippen molar-refractivity contribution >= 4 is 21.8 Å². The molecule has 1 N–H and O–H groups in total. The van der Waals surface area contributed by atoms with Crippen LogP contribution in [0.3, 0.4) is 0 Å². The molecule has 0 bridgehead atoms. The fraction of sp³-hybridized carbons (Fsp3) is 0.278. The highest BCUT2D eigenvalue weighted by Gasteiger charge is 2.06. The molecule has 0 unspecified atom stereocenters. The Bertz CT molecular complexity index is 618. The number of rotatable bonds is 6. The third-order valence-electron chi connectivity index (χ3n) is 3.36. The Morgan fingerprint density at radius 3 is 2.41 bits per heavy atom. The van der Waals surface area contributed by atoms with Crippen molar-refractivity contribution in [3.05, 3.63) is 63.6 Å². The van der Waals surface area contributed by atoms with Gasteiger partial charge in [0.15, 0.2) is 6.61 Å². The lowest BCUT2D eigenvalue weighted by Gasteiger charge is -2.10. The molecule has 0 saturated carbocycles. The average Bonchev–Trinajstić information content (AvgIpc) is 2.51. The molecule has 116 valence electrons. The van der Waals surface area contributed by atoms with Crippen LogP contribution >= 0.6 is 15.9 Å². The first-order chi connectivity index (χ1) is 10.6. The van der Waals surface area contributed by atoms with E-state index in [0.29, 0.717) is 6.54 Å². The molecule has 0 aliphatic heterocycles. The molecular formula is C18H20BrNO2. The maximum Gasteiger partial charge on any atom is 0.257 e. The number of benzene rings is 2. The molecule has 0 heterocycles. The van der Waals surface area contributed by atoms with Crippen molar-refractivity contribution < 1.29 is 9.53 Å². The zero-order valence-electron chi connectivity index (χ0n) is 12.9. The number of aryl methyl sites for hydroxylation is 2. The Morgan fingerprint density at radius 2 is 1.77 bits per heavy atom. The second-order valence-corrected chi connectivity index (χ2v) is 6.04. The Kier molecular flexibility index (Phi) is 6.01. The lowest BCUT2D eigenvalue weighted by Crippen LogP contribution is -2.30. The molecule has 1 amide bonds. The number of carbonyl (C=O) groups excluding carboxylic acids is 1. The van der Waals surface area contributed by atoms with E-state index in [4.69, 9.17) is 4.74 Å². The van der Waals surface area contributed by atoms with Gasteiger partial charge in [0.25, 0.3) is 5.91 Å². The van der Waals surface area contributed by atoms with E-state index in [1.54, 1.807) is 0 Å². The molecule has 2 rings (SSSR count). The summed E-state index contributed by atoms with van der Waals surface area (Å²) < 4.78 is 6.63. The maximum atomic E-state index is 11.8. The molecule has 2 aromatic rings. The summed E-state index contributed by atoms with van der Waals surface area (Å²) in [6.07, 6.45) is 0.823. The van der Waals surface area contributed by atoms with Gasteiger partial charge in [-0.25, -0.2) is 0 Å². The number of amides is 1. The summed E-state index contributed by atoms with van der Waals surface area (Å²) in [6.45, 7) is 4.66. The third kappa shape index (κ3) is 4.88. The van der Waals surface area contributed by atoms with Crippen LogP contribution in [0.25, 0.3) is 0 Å². The lowest BCUT2D eigenvalue weighted by molar-refractivity contribution is -0.123. The molecule has 0 aliphatic rings. The molecule has 0 fully saturated rings. The molecule has 0 spiro atoms. The van der Waals surface area contributed by atoms with E-state index in [-0.39, 0.29) is 12.5 Å². The minimum atomic E-state index is -0.103. The molecule has 3 nitrogen and oxygen atoms in total. The summed E-state index contributed by atoms with van der Waals surface area (Å²) in [4.78, 5) is 11.8. The van der Waals surface area contributed by atoms with Crippen LogP contribution in [-0.2, 0) is 11.2 Å². The zero-order chi connectivity index (χ0) is 15.9. The molecule has 0 saturated heterocycles. The van der Waals surface area contributed by atoms with Gasteiger partial charge < -0.3 is 10.1 Å². The van der Waals surface area contributed by atoms with E-state index in [1.165, 1.54) is 5.56 Å². The Balaban J connectivity index is 1.76. The molecule has 0 aromatic heterocycles. The second kappa shape index (κ2) is 7.99. The molecule has 4 heteroatoms. The van der Waals surface area contributed by atoms with Gasteiger partial charge in [-0.05, 0) is 49.1 Å². The summed E-state index contributed by atoms with van der Waals surface area (Å²) in [5.74, 6) is 0.616. The van der Waals surface area contributed by atoms with Crippen LogP contribution in [0.4, 0.5) is 0 Å². The first-order valence-electron chi connectivity index (χ1n) is 7.26. The topological polar surface area (TPSA) is 38.3 Å². The molecule has 0 radical (unpaired) electrons. The van der Waals surface area contributed by atoms with Gasteiger partial charge in [0.2, 0.25) is 0 Å². The highest BCUT2D eigenvalue weighted by atomic mass is 79.9. The normalized spacial score (nSPS) is 10.3. The monoisotopic (exact) mass is 361 g/mol. The molecule has 22 heavy (non-hydrogen) atoms. The van der Waals surface area contributed by atoms with Crippen LogP contribution in [0.2, 0.25) is 0 Å². The first kappa shape index (κ1) is 16.6. The third-order valence-corrected chi connectivity index (χ3v) is 4.61. The van der Waals surface area contributed by atoms with Crippen LogP contribution < -0.4 is 10.1 Å². The first-order valence-corrected chi connectivity index (χ1v) is 8.05. The van der Waals surface area contributed by atoms with Crippen LogP contribution in [0.15, 0.2) is 46.9 Å². The van der Waals surface area contributed by atoms with E-state index in [9.17, 15) is 4.79 Å². The summed E-state index contributed by atoms with van der Waals surface area (Å²) in [5, 5.41) is 2.87. The maximum absolute atomic E-state index is 11.8. The zero-order valence-corrected chi connectivity index (χ0v) is 14.4. The smallest absolute Gasteiger partial charge is 0.257 e. The predicted molar refractivity (Wildman–Crippen MR) is 92.3 cm³/mol. The van der Waals surface area contributed by atoms with Crippen molar-refractivity contribution in [1.82, 2.24) is 5.32 Å². The van der Waals surface area contributed by atoms with Crippen LogP contribution in [-0.4, -0.2) is 19.1 Å². The van der Waals surface area contributed by atoms with Gasteiger partial charge in [-0.15, -0.1) is 0 Å². The van der Waals surface area contributed by atoms with E-state index in [1.807, 2.05) is 44.2 Å². The predicted octanol–water partition coefficient (Wildman–Crippen LogP) is 3.80. The van der Waals surface area contributed by atoms with Crippen molar-refractivity contribution in [1.29, 1.82) is 0 Å². The largest absolute Gasteiger partial charge is 0.484 e. The van der Waals surface area contributed by atoms with Crippen molar-refractivity contribution in [3.63, 3.8) is 0 Å². The Labute approximate surface area is 139 Å². The minimum Gasteiger partial charge on any atom is -0.484 e. The molecule has 2 aromatic carbocycles. The Hall–Kier alpha value is -1.81. The summed E-state index contributed by atoms with van der Waals surface area (Å²) in [5.41, 5.74) is 3.40. The van der Waals surface area contributed by atoms with Crippen molar-refractivity contribution in [2.24, 2.45) is 0 Å². The van der Waals surface area contributed by atoms with E-state index < -0.39 is 0 Å². The standard InChI is InChI=1S/C18H20BrNO2/c1-13-10-16(11-14(2)18(13)19)22-12-17(21)20-9-8-15-6-4-3-5-7-15/h3-7,10-11H,8-9,12H2,1-2H3,(H,20,21). The fourth-order valence-corrected chi connectivity index (χ4v) is 2.41. The van der Waals surface area contributed by atoms with Gasteiger partial charge in [-0.2, -0.15) is 0 Å². The van der Waals surface area contributed by atoms with Gasteiger partial charge in [0.05, 0.1) is 0 Å².